The molecule has 46 heteroatoms. The maximum atomic E-state index is 13.5. The van der Waals surface area contributed by atoms with Crippen LogP contribution in [0.2, 0.25) is 0 Å². The van der Waals surface area contributed by atoms with Gasteiger partial charge in [0.05, 0.1) is 129 Å². The molecule has 0 fully saturated rings. The molecule has 5 aliphatic rings. The number of carbonyl (C=O) groups is 7. The molecular weight excluding hydrogens is 1830 g/mol. The van der Waals surface area contributed by atoms with E-state index in [1.54, 1.807) is 73.8 Å². The van der Waals surface area contributed by atoms with Crippen molar-refractivity contribution in [2.24, 2.45) is 0 Å². The van der Waals surface area contributed by atoms with Gasteiger partial charge in [-0.25, -0.2) is 38.9 Å². The number of phenols is 3. The number of nitrogens with one attached hydrogen (secondary N) is 5. The summed E-state index contributed by atoms with van der Waals surface area (Å²) in [6.45, 7) is 8.78. The average molecular weight is 1900 g/mol. The Hall–Kier alpha value is -10.4. The van der Waals surface area contributed by atoms with Crippen LogP contribution in [0.25, 0.3) is 0 Å². The number of halogens is 5. The number of rotatable bonds is 19. The largest absolute Gasteiger partial charge is 0.513 e. The number of alkyl halides is 4. The van der Waals surface area contributed by atoms with Crippen LogP contribution >= 0.6 is 78.9 Å². The molecule has 0 saturated heterocycles. The van der Waals surface area contributed by atoms with Gasteiger partial charge in [-0.15, -0.1) is 56.3 Å². The zero-order chi connectivity index (χ0) is 88.2. The number of thioether (sulfide) groups is 1. The van der Waals surface area contributed by atoms with E-state index in [-0.39, 0.29) is 72.9 Å². The first-order chi connectivity index (χ1) is 57.9. The first kappa shape index (κ1) is 94.9. The second-order valence-electron chi connectivity index (χ2n) is 27.0. The number of methoxy groups -OCH3 is 1. The van der Waals surface area contributed by atoms with Crippen molar-refractivity contribution >= 4 is 195 Å². The molecule has 652 valence electrons. The molecule has 5 unspecified atom stereocenters. The minimum atomic E-state index is -4.81. The molecule has 5 aromatic heterocycles. The van der Waals surface area contributed by atoms with Gasteiger partial charge in [0, 0.05) is 84.0 Å². The number of thiazole rings is 5. The molecule has 0 saturated carbocycles. The lowest BCUT2D eigenvalue weighted by molar-refractivity contribution is -0.253. The van der Waals surface area contributed by atoms with Gasteiger partial charge in [0.25, 0.3) is 29.5 Å². The maximum absolute atomic E-state index is 13.5. The average Bonchev–Trinajstić information content (AvgIpc) is 1.68. The molecule has 8 N–H and O–H groups in total. The van der Waals surface area contributed by atoms with Crippen LogP contribution in [-0.2, 0) is 95.3 Å². The molecule has 5 atom stereocenters. The van der Waals surface area contributed by atoms with Gasteiger partial charge in [-0.2, -0.15) is 22.8 Å². The monoisotopic (exact) mass is 1900 g/mol. The third-order valence-electron chi connectivity index (χ3n) is 16.9. The number of aromatic hydroxyl groups is 3. The number of ether oxygens (including phenoxy) is 4. The molecular formula is C77H75F5N12O18S11. The number of benzene rings is 5. The number of nitrogens with zero attached hydrogens (tertiary/aromatic N) is 7. The number of nitriles is 1. The van der Waals surface area contributed by atoms with Crippen LogP contribution in [0.1, 0.15) is 148 Å². The Kier molecular flexibility index (Phi) is 32.3. The highest BCUT2D eigenvalue weighted by atomic mass is 32.2. The lowest BCUT2D eigenvalue weighted by Crippen LogP contribution is -2.33. The number of amides is 6. The van der Waals surface area contributed by atoms with Crippen molar-refractivity contribution in [2.75, 3.05) is 58.8 Å². The van der Waals surface area contributed by atoms with E-state index >= 15 is 0 Å². The number of carbonyl (C=O) groups excluding carboxylic acids is 7. The zero-order valence-corrected chi connectivity index (χ0v) is 73.7. The highest BCUT2D eigenvalue weighted by Gasteiger charge is 2.44. The summed E-state index contributed by atoms with van der Waals surface area (Å²) in [4.78, 5) is 112. The summed E-state index contributed by atoms with van der Waals surface area (Å²) in [5, 5.41) is 53.4. The zero-order valence-electron chi connectivity index (χ0n) is 64.7. The highest BCUT2D eigenvalue weighted by molar-refractivity contribution is 8.15. The van der Waals surface area contributed by atoms with Crippen LogP contribution in [0.4, 0.5) is 57.2 Å². The fourth-order valence-electron chi connectivity index (χ4n) is 11.1. The molecule has 5 aliphatic heterocycles. The van der Waals surface area contributed by atoms with Crippen molar-refractivity contribution in [2.45, 2.75) is 126 Å². The van der Waals surface area contributed by atoms with Crippen molar-refractivity contribution in [1.29, 1.82) is 5.26 Å². The second-order valence-corrected chi connectivity index (χ2v) is 42.4. The number of aryl methyl sites for hydroxylation is 2. The fraction of sp³-hybridized carbons (Fsp3) is 0.299. The summed E-state index contributed by atoms with van der Waals surface area (Å²) in [5.74, 6) is 2.59. The lowest BCUT2D eigenvalue weighted by atomic mass is 10.1. The lowest BCUT2D eigenvalue weighted by Gasteiger charge is -2.19. The Balaban J connectivity index is 0.000000162. The Labute approximate surface area is 736 Å². The van der Waals surface area contributed by atoms with E-state index in [0.29, 0.717) is 94.6 Å². The van der Waals surface area contributed by atoms with Gasteiger partial charge < -0.3 is 39.2 Å². The van der Waals surface area contributed by atoms with E-state index in [1.165, 1.54) is 68.1 Å². The van der Waals surface area contributed by atoms with Crippen LogP contribution in [0.5, 0.6) is 34.5 Å². The first-order valence-electron chi connectivity index (χ1n) is 35.9. The van der Waals surface area contributed by atoms with Gasteiger partial charge in [0.2, 0.25) is 0 Å². The van der Waals surface area contributed by atoms with E-state index < -0.39 is 126 Å². The van der Waals surface area contributed by atoms with E-state index in [1.807, 2.05) is 27.7 Å². The molecule has 10 heterocycles. The van der Waals surface area contributed by atoms with Crippen molar-refractivity contribution in [3.63, 3.8) is 0 Å². The van der Waals surface area contributed by atoms with Crippen LogP contribution in [0.15, 0.2) is 110 Å². The predicted molar refractivity (Wildman–Crippen MR) is 466 cm³/mol. The first-order valence-corrected chi connectivity index (χ1v) is 48.1. The third kappa shape index (κ3) is 24.8. The fourth-order valence-corrected chi connectivity index (χ4v) is 25.3. The molecule has 123 heavy (non-hydrogen) atoms. The smallest absolute Gasteiger partial charge is 0.507 e. The van der Waals surface area contributed by atoms with Gasteiger partial charge in [-0.3, -0.25) is 67.4 Å². The van der Waals surface area contributed by atoms with Gasteiger partial charge in [-0.1, -0.05) is 100 Å². The molecule has 0 bridgehead atoms. The van der Waals surface area contributed by atoms with Gasteiger partial charge in [-0.05, 0) is 78.9 Å². The summed E-state index contributed by atoms with van der Waals surface area (Å²) >= 11 is 7.83. The molecule has 0 aliphatic carbocycles. The predicted octanol–water partition coefficient (Wildman–Crippen LogP) is 15.8. The summed E-state index contributed by atoms with van der Waals surface area (Å²) in [7, 11) is -1.27. The van der Waals surface area contributed by atoms with E-state index in [9.17, 15) is 87.7 Å². The quantitative estimate of drug-likeness (QED) is 0.0122. The van der Waals surface area contributed by atoms with Crippen LogP contribution in [-0.4, -0.2) is 159 Å². The van der Waals surface area contributed by atoms with Crippen molar-refractivity contribution in [1.82, 2.24) is 29.8 Å². The van der Waals surface area contributed by atoms with E-state index in [2.05, 4.69) is 66.8 Å². The SMILES string of the molecule is C.C=S1CCc2nc(NC(=O)c3cc(C#N)cc(F)c3O)sc21.CC(C)(C)Sc1cccc(C(=O)Nc2nc3c(s2)CS(=O)C3)c1O.CCCCN(C)C(=O)Oc1ccccc1C(=O)Nc1nc2c(s1)CS(=O)C2.COC(=O)Oc1ccc(OC(F)(F)C(F)F)cc1C(=O)Nc1nc2c(s1)S(=O)CC2.O=C(Nc1nc2c(s1)CS(=O)C2)c1ccccc1O. The van der Waals surface area contributed by atoms with Gasteiger partial charge in [0.1, 0.15) is 33.0 Å². The normalized spacial score (nSPS) is 16.0. The second kappa shape index (κ2) is 41.9. The Morgan fingerprint density at radius 2 is 1.07 bits per heavy atom. The molecule has 0 spiro atoms. The molecule has 30 nitrogen and oxygen atoms in total. The Bertz CT molecular complexity index is 5810. The Morgan fingerprint density at radius 1 is 0.593 bits per heavy atom. The highest BCUT2D eigenvalue weighted by Crippen LogP contribution is 2.44. The van der Waals surface area contributed by atoms with E-state index in [4.69, 9.17) is 14.7 Å². The number of hydrogen-bond acceptors (Lipinski definition) is 30. The maximum Gasteiger partial charge on any atom is 0.513 e. The van der Waals surface area contributed by atoms with Gasteiger partial charge >= 0.3 is 24.8 Å². The molecule has 15 rings (SSSR count). The standard InChI is InChI=1S/C18H21N3O4S2.C16H12F4N2O6S2.C16H18N2O3S3.C14H10FN3O2S2.C12H10N2O3S2.CH4/c1-3-4-9-21(2)18(23)25-14-8-6-5-7-12(14)16(22)20-17-19-13-10-27(24)11-15(13)26-17;1-26-15(24)27-10-3-2-7(28-16(19,20)13(17)18)6-8(10)11(23)22-14-21-9-4-5-30(25)12(9)29-14;1-16(2,3)23-11-6-4-5-9(13(11)19)14(20)18-15-17-10-7-24(21)8-12(10)22-15;1-22-3-2-10-13(22)21-14(17-10)18-12(20)8-4-7(6-16)5-9(15)11(8)19;15-9-4-2-1-3-7(9)11(16)14-12-13-8-5-19(17)6-10(8)18-12;/h5-8H,3-4,9-11H2,1-2H3,(H,19,20,22);2-3,6,13H,4-5H2,1H3,(H,21,22,23);4-6,19H,7-8H2,1-3H3,(H,17,18,20);4-5,19H,1-3H2,(H,17,18,20);1-4,15H,5-6H2,(H,13,14,16);1H4. The molecule has 6 amide bonds. The molecule has 0 radical (unpaired) electrons. The van der Waals surface area contributed by atoms with Crippen LogP contribution < -0.4 is 40.8 Å². The Morgan fingerprint density at radius 3 is 1.58 bits per heavy atom. The van der Waals surface area contributed by atoms with E-state index in [0.717, 1.165) is 109 Å². The molecule has 5 aromatic carbocycles. The summed E-state index contributed by atoms with van der Waals surface area (Å²) in [5.41, 5.74) is 3.75. The van der Waals surface area contributed by atoms with Crippen LogP contribution in [0, 0.1) is 17.1 Å². The third-order valence-corrected chi connectivity index (χ3v) is 31.3. The number of para-hydroxylation sites is 3. The summed E-state index contributed by atoms with van der Waals surface area (Å²) < 4.78 is 131. The van der Waals surface area contributed by atoms with Gasteiger partial charge in [0.15, 0.2) is 37.2 Å². The van der Waals surface area contributed by atoms with Crippen molar-refractivity contribution in [3.05, 3.63) is 179 Å². The topological polar surface area (TPSA) is 437 Å². The number of unbranched alkanes of at least 4 members (excludes halogenated alkanes) is 1. The number of fused-ring (bicyclic) bond motifs is 5. The van der Waals surface area contributed by atoms with Crippen LogP contribution in [0.3, 0.4) is 0 Å². The number of hydrogen-bond donors (Lipinski definition) is 8. The van der Waals surface area contributed by atoms with Crippen molar-refractivity contribution in [3.8, 4) is 40.6 Å². The number of anilines is 5. The minimum Gasteiger partial charge on any atom is -0.507 e. The minimum absolute atomic E-state index is 0. The summed E-state index contributed by atoms with van der Waals surface area (Å²) in [6, 6.07) is 24.2. The number of phenolic OH excluding ortho intramolecular Hbond substituents is 3. The summed E-state index contributed by atoms with van der Waals surface area (Å²) in [6.07, 6.45) is -7.47. The molecule has 10 aromatic rings. The number of aromatic nitrogens is 5. The van der Waals surface area contributed by atoms with Crippen molar-refractivity contribution < 1.29 is 107 Å².